The van der Waals surface area contributed by atoms with Gasteiger partial charge in [-0.15, -0.1) is 0 Å². The summed E-state index contributed by atoms with van der Waals surface area (Å²) < 4.78 is 13.3. The molecule has 0 saturated carbocycles. The normalized spacial score (nSPS) is 18.5. The lowest BCUT2D eigenvalue weighted by molar-refractivity contribution is -0.121. The van der Waals surface area contributed by atoms with Crippen LogP contribution in [0.5, 0.6) is 0 Å². The number of rotatable bonds is 4. The van der Waals surface area contributed by atoms with Gasteiger partial charge in [0.15, 0.2) is 0 Å². The van der Waals surface area contributed by atoms with Crippen molar-refractivity contribution < 1.29 is 14.0 Å². The van der Waals surface area contributed by atoms with Crippen molar-refractivity contribution in [2.75, 3.05) is 6.54 Å². The molecule has 4 nitrogen and oxygen atoms in total. The Labute approximate surface area is 105 Å². The lowest BCUT2D eigenvalue weighted by Crippen LogP contribution is -2.39. The van der Waals surface area contributed by atoms with E-state index >= 15 is 0 Å². The molecule has 2 amide bonds. The third kappa shape index (κ3) is 3.29. The number of benzene rings is 1. The Balaban J connectivity index is 1.79. The zero-order valence-corrected chi connectivity index (χ0v) is 9.91. The second-order valence-electron chi connectivity index (χ2n) is 4.38. The standard InChI is InChI=1S/C13H15FN2O2/c14-11-4-2-1-3-9(11)7-13(18)15-8-10-5-6-12(17)16-10/h1-4,10H,5-8H2,(H,15,18)(H,16,17). The Morgan fingerprint density at radius 1 is 1.44 bits per heavy atom. The molecule has 5 heteroatoms. The van der Waals surface area contributed by atoms with Crippen LogP contribution >= 0.6 is 0 Å². The van der Waals surface area contributed by atoms with E-state index in [2.05, 4.69) is 10.6 Å². The van der Waals surface area contributed by atoms with E-state index in [4.69, 9.17) is 0 Å². The molecule has 1 aromatic carbocycles. The van der Waals surface area contributed by atoms with Crippen molar-refractivity contribution >= 4 is 11.8 Å². The topological polar surface area (TPSA) is 58.2 Å². The van der Waals surface area contributed by atoms with Gasteiger partial charge < -0.3 is 10.6 Å². The van der Waals surface area contributed by atoms with Crippen molar-refractivity contribution in [3.8, 4) is 0 Å². The first-order valence-electron chi connectivity index (χ1n) is 5.94. The van der Waals surface area contributed by atoms with Crippen molar-refractivity contribution in [2.45, 2.75) is 25.3 Å². The number of carbonyl (C=O) groups is 2. The molecule has 0 spiro atoms. The summed E-state index contributed by atoms with van der Waals surface area (Å²) >= 11 is 0. The van der Waals surface area contributed by atoms with Crippen LogP contribution in [-0.4, -0.2) is 24.4 Å². The van der Waals surface area contributed by atoms with E-state index in [1.54, 1.807) is 18.2 Å². The fourth-order valence-electron chi connectivity index (χ4n) is 1.94. The van der Waals surface area contributed by atoms with E-state index in [1.165, 1.54) is 6.07 Å². The Kier molecular flexibility index (Phi) is 3.92. The average molecular weight is 250 g/mol. The fourth-order valence-corrected chi connectivity index (χ4v) is 1.94. The molecule has 18 heavy (non-hydrogen) atoms. The van der Waals surface area contributed by atoms with Gasteiger partial charge in [-0.1, -0.05) is 18.2 Å². The number of nitrogens with one attached hydrogen (secondary N) is 2. The Morgan fingerprint density at radius 2 is 2.22 bits per heavy atom. The third-order valence-electron chi connectivity index (χ3n) is 2.94. The highest BCUT2D eigenvalue weighted by molar-refractivity contribution is 5.80. The van der Waals surface area contributed by atoms with Gasteiger partial charge in [-0.2, -0.15) is 0 Å². The molecule has 1 atom stereocenters. The van der Waals surface area contributed by atoms with Crippen molar-refractivity contribution in [1.29, 1.82) is 0 Å². The van der Waals surface area contributed by atoms with Crippen LogP contribution in [0.3, 0.4) is 0 Å². The van der Waals surface area contributed by atoms with Gasteiger partial charge in [-0.05, 0) is 18.1 Å². The summed E-state index contributed by atoms with van der Waals surface area (Å²) in [6.07, 6.45) is 1.26. The second-order valence-corrected chi connectivity index (χ2v) is 4.38. The third-order valence-corrected chi connectivity index (χ3v) is 2.94. The van der Waals surface area contributed by atoms with Crippen LogP contribution in [0.15, 0.2) is 24.3 Å². The van der Waals surface area contributed by atoms with Crippen molar-refractivity contribution in [1.82, 2.24) is 10.6 Å². The van der Waals surface area contributed by atoms with Crippen molar-refractivity contribution in [2.24, 2.45) is 0 Å². The summed E-state index contributed by atoms with van der Waals surface area (Å²) in [6, 6.07) is 6.21. The van der Waals surface area contributed by atoms with Crippen LogP contribution in [0.4, 0.5) is 4.39 Å². The predicted molar refractivity (Wildman–Crippen MR) is 64.3 cm³/mol. The lowest BCUT2D eigenvalue weighted by Gasteiger charge is -2.11. The molecule has 2 rings (SSSR count). The van der Waals surface area contributed by atoms with Crippen molar-refractivity contribution in [3.63, 3.8) is 0 Å². The first kappa shape index (κ1) is 12.5. The van der Waals surface area contributed by atoms with E-state index < -0.39 is 0 Å². The Morgan fingerprint density at radius 3 is 2.89 bits per heavy atom. The number of carbonyl (C=O) groups excluding carboxylic acids is 2. The minimum atomic E-state index is -0.373. The van der Waals surface area contributed by atoms with Gasteiger partial charge in [0.1, 0.15) is 5.82 Å². The minimum absolute atomic E-state index is 0.00192. The Bertz CT molecular complexity index is 462. The van der Waals surface area contributed by atoms with Gasteiger partial charge in [-0.25, -0.2) is 4.39 Å². The number of hydrogen-bond acceptors (Lipinski definition) is 2. The number of halogens is 1. The minimum Gasteiger partial charge on any atom is -0.354 e. The fraction of sp³-hybridized carbons (Fsp3) is 0.385. The smallest absolute Gasteiger partial charge is 0.224 e. The summed E-state index contributed by atoms with van der Waals surface area (Å²) in [5.74, 6) is -0.591. The number of amides is 2. The van der Waals surface area contributed by atoms with Crippen LogP contribution < -0.4 is 10.6 Å². The zero-order valence-electron chi connectivity index (χ0n) is 9.91. The van der Waals surface area contributed by atoms with E-state index in [1.807, 2.05) is 0 Å². The highest BCUT2D eigenvalue weighted by Crippen LogP contribution is 2.08. The van der Waals surface area contributed by atoms with E-state index in [-0.39, 0.29) is 30.1 Å². The molecule has 1 aliphatic rings. The molecular formula is C13H15FN2O2. The Hall–Kier alpha value is -1.91. The summed E-state index contributed by atoms with van der Waals surface area (Å²) in [4.78, 5) is 22.6. The van der Waals surface area contributed by atoms with Crippen LogP contribution in [0.25, 0.3) is 0 Å². The van der Waals surface area contributed by atoms with Crippen LogP contribution in [-0.2, 0) is 16.0 Å². The molecule has 0 bridgehead atoms. The van der Waals surface area contributed by atoms with Crippen molar-refractivity contribution in [3.05, 3.63) is 35.6 Å². The first-order chi connectivity index (χ1) is 8.65. The van der Waals surface area contributed by atoms with Gasteiger partial charge in [0.2, 0.25) is 11.8 Å². The maximum Gasteiger partial charge on any atom is 0.224 e. The van der Waals surface area contributed by atoms with Gasteiger partial charge in [-0.3, -0.25) is 9.59 Å². The molecule has 96 valence electrons. The monoisotopic (exact) mass is 250 g/mol. The molecule has 1 aromatic rings. The van der Waals surface area contributed by atoms with E-state index in [0.717, 1.165) is 6.42 Å². The molecule has 0 aromatic heterocycles. The average Bonchev–Trinajstić information content (AvgIpc) is 2.76. The predicted octanol–water partition coefficient (Wildman–Crippen LogP) is 0.763. The summed E-state index contributed by atoms with van der Waals surface area (Å²) in [5, 5.41) is 5.46. The lowest BCUT2D eigenvalue weighted by atomic mass is 10.1. The molecule has 0 radical (unpaired) electrons. The van der Waals surface area contributed by atoms with E-state index in [0.29, 0.717) is 18.5 Å². The molecule has 0 aliphatic carbocycles. The van der Waals surface area contributed by atoms with Gasteiger partial charge in [0, 0.05) is 19.0 Å². The van der Waals surface area contributed by atoms with Crippen LogP contribution in [0, 0.1) is 5.82 Å². The van der Waals surface area contributed by atoms with E-state index in [9.17, 15) is 14.0 Å². The number of hydrogen-bond donors (Lipinski definition) is 2. The molecule has 1 heterocycles. The molecule has 1 unspecified atom stereocenters. The summed E-state index contributed by atoms with van der Waals surface area (Å²) in [5.41, 5.74) is 0.380. The van der Waals surface area contributed by atoms with Crippen LogP contribution in [0.1, 0.15) is 18.4 Å². The zero-order chi connectivity index (χ0) is 13.0. The first-order valence-corrected chi connectivity index (χ1v) is 5.94. The molecule has 1 saturated heterocycles. The maximum atomic E-state index is 13.3. The molecule has 1 aliphatic heterocycles. The summed E-state index contributed by atoms with van der Waals surface area (Å²) in [6.45, 7) is 0.402. The van der Waals surface area contributed by atoms with Gasteiger partial charge in [0.25, 0.3) is 0 Å². The largest absolute Gasteiger partial charge is 0.354 e. The maximum absolute atomic E-state index is 13.3. The van der Waals surface area contributed by atoms with Crippen LogP contribution in [0.2, 0.25) is 0 Å². The van der Waals surface area contributed by atoms with Gasteiger partial charge in [0.05, 0.1) is 6.42 Å². The molecular weight excluding hydrogens is 235 g/mol. The van der Waals surface area contributed by atoms with Gasteiger partial charge >= 0.3 is 0 Å². The molecule has 2 N–H and O–H groups in total. The summed E-state index contributed by atoms with van der Waals surface area (Å²) in [7, 11) is 0. The second kappa shape index (κ2) is 5.62. The highest BCUT2D eigenvalue weighted by atomic mass is 19.1. The highest BCUT2D eigenvalue weighted by Gasteiger charge is 2.20. The quantitative estimate of drug-likeness (QED) is 0.829. The SMILES string of the molecule is O=C(Cc1ccccc1F)NCC1CCC(=O)N1. The molecule has 1 fully saturated rings.